The fourth-order valence-corrected chi connectivity index (χ4v) is 2.66. The van der Waals surface area contributed by atoms with Crippen LogP contribution >= 0.6 is 0 Å². The van der Waals surface area contributed by atoms with E-state index in [9.17, 15) is 14.4 Å². The molecule has 0 unspecified atom stereocenters. The smallest absolute Gasteiger partial charge is 0.344 e. The molecular weight excluding hydrogens is 378 g/mol. The van der Waals surface area contributed by atoms with Crippen LogP contribution in [0.4, 0.5) is 0 Å². The van der Waals surface area contributed by atoms with Crippen molar-refractivity contribution in [3.8, 4) is 17.2 Å². The van der Waals surface area contributed by atoms with Gasteiger partial charge in [0, 0.05) is 5.56 Å². The molecule has 8 heteroatoms. The second-order valence-corrected chi connectivity index (χ2v) is 6.43. The Morgan fingerprint density at radius 3 is 2.48 bits per heavy atom. The number of carbonyl (C=O) groups is 3. The van der Waals surface area contributed by atoms with Gasteiger partial charge in [0.1, 0.15) is 5.75 Å². The molecule has 1 aliphatic heterocycles. The molecule has 8 nitrogen and oxygen atoms in total. The van der Waals surface area contributed by atoms with Gasteiger partial charge in [-0.05, 0) is 55.8 Å². The fourth-order valence-electron chi connectivity index (χ4n) is 2.66. The monoisotopic (exact) mass is 399 g/mol. The van der Waals surface area contributed by atoms with E-state index >= 15 is 0 Å². The van der Waals surface area contributed by atoms with Crippen molar-refractivity contribution in [3.63, 3.8) is 0 Å². The normalized spacial score (nSPS) is 12.8. The van der Waals surface area contributed by atoms with Gasteiger partial charge < -0.3 is 24.3 Å². The number of rotatable bonds is 8. The summed E-state index contributed by atoms with van der Waals surface area (Å²) in [6, 6.07) is 11.5. The van der Waals surface area contributed by atoms with E-state index in [4.69, 9.17) is 18.9 Å². The summed E-state index contributed by atoms with van der Waals surface area (Å²) < 4.78 is 20.8. The van der Waals surface area contributed by atoms with Gasteiger partial charge in [-0.1, -0.05) is 6.07 Å². The van der Waals surface area contributed by atoms with Gasteiger partial charge in [-0.3, -0.25) is 9.59 Å². The second kappa shape index (κ2) is 9.09. The van der Waals surface area contributed by atoms with Gasteiger partial charge in [-0.25, -0.2) is 4.79 Å². The van der Waals surface area contributed by atoms with Crippen LogP contribution < -0.4 is 19.5 Å². The average molecular weight is 399 g/mol. The van der Waals surface area contributed by atoms with Gasteiger partial charge in [0.2, 0.25) is 6.79 Å². The van der Waals surface area contributed by atoms with Crippen LogP contribution in [0.5, 0.6) is 17.2 Å². The van der Waals surface area contributed by atoms with Gasteiger partial charge in [0.15, 0.2) is 30.5 Å². The van der Waals surface area contributed by atoms with Crippen molar-refractivity contribution >= 4 is 17.7 Å². The first kappa shape index (κ1) is 20.2. The van der Waals surface area contributed by atoms with E-state index in [2.05, 4.69) is 5.32 Å². The van der Waals surface area contributed by atoms with E-state index in [1.165, 1.54) is 6.92 Å². The first-order chi connectivity index (χ1) is 13.9. The van der Waals surface area contributed by atoms with E-state index in [-0.39, 0.29) is 25.2 Å². The Labute approximate surface area is 167 Å². The van der Waals surface area contributed by atoms with Crippen molar-refractivity contribution in [2.45, 2.75) is 19.9 Å². The van der Waals surface area contributed by atoms with Crippen LogP contribution in [-0.4, -0.2) is 37.7 Å². The van der Waals surface area contributed by atoms with Gasteiger partial charge in [-0.2, -0.15) is 0 Å². The number of carbonyl (C=O) groups excluding carboxylic acids is 3. The summed E-state index contributed by atoms with van der Waals surface area (Å²) in [4.78, 5) is 35.0. The number of ketones is 1. The number of nitrogens with one attached hydrogen (secondary N) is 1. The van der Waals surface area contributed by atoms with E-state index in [1.807, 2.05) is 13.0 Å². The first-order valence-corrected chi connectivity index (χ1v) is 9.00. The third kappa shape index (κ3) is 5.47. The van der Waals surface area contributed by atoms with Crippen molar-refractivity contribution < 1.29 is 33.3 Å². The molecule has 0 radical (unpaired) electrons. The molecule has 0 aliphatic carbocycles. The molecule has 0 saturated carbocycles. The summed E-state index contributed by atoms with van der Waals surface area (Å²) in [6.45, 7) is 2.69. The highest BCUT2D eigenvalue weighted by Crippen LogP contribution is 2.34. The molecule has 1 aliphatic rings. The Bertz CT molecular complexity index is 908. The highest BCUT2D eigenvalue weighted by molar-refractivity contribution is 5.94. The highest BCUT2D eigenvalue weighted by atomic mass is 16.7. The fraction of sp³-hybridized carbons (Fsp3) is 0.286. The van der Waals surface area contributed by atoms with Crippen molar-refractivity contribution in [1.82, 2.24) is 5.32 Å². The van der Waals surface area contributed by atoms with E-state index in [0.717, 1.165) is 5.56 Å². The minimum Gasteiger partial charge on any atom is -0.482 e. The van der Waals surface area contributed by atoms with E-state index in [0.29, 0.717) is 22.8 Å². The molecule has 0 fully saturated rings. The van der Waals surface area contributed by atoms with Crippen LogP contribution in [0.2, 0.25) is 0 Å². The minimum atomic E-state index is -0.675. The standard InChI is InChI=1S/C21H21NO7/c1-13(16-5-8-18-19(9-16)29-12-28-18)22-20(24)10-27-21(25)11-26-17-6-3-15(4-7-17)14(2)23/h3-9,13H,10-12H2,1-2H3,(H,22,24)/t13-/m1/s1. The lowest BCUT2D eigenvalue weighted by Crippen LogP contribution is -2.31. The Morgan fingerprint density at radius 1 is 1.03 bits per heavy atom. The number of esters is 1. The van der Waals surface area contributed by atoms with Crippen molar-refractivity contribution in [2.24, 2.45) is 0 Å². The predicted molar refractivity (Wildman–Crippen MR) is 102 cm³/mol. The number of benzene rings is 2. The average Bonchev–Trinajstić information content (AvgIpc) is 3.18. The summed E-state index contributed by atoms with van der Waals surface area (Å²) in [5, 5.41) is 2.75. The van der Waals surface area contributed by atoms with Crippen LogP contribution in [-0.2, 0) is 14.3 Å². The molecule has 0 aromatic heterocycles. The number of Topliss-reactive ketones (excluding diaryl/α,β-unsaturated/α-hetero) is 1. The third-order valence-electron chi connectivity index (χ3n) is 4.26. The molecule has 1 N–H and O–H groups in total. The van der Waals surface area contributed by atoms with Gasteiger partial charge in [0.25, 0.3) is 5.91 Å². The molecule has 29 heavy (non-hydrogen) atoms. The number of hydrogen-bond acceptors (Lipinski definition) is 7. The van der Waals surface area contributed by atoms with Crippen molar-refractivity contribution in [1.29, 1.82) is 0 Å². The maximum atomic E-state index is 12.0. The molecule has 0 bridgehead atoms. The molecular formula is C21H21NO7. The van der Waals surface area contributed by atoms with E-state index in [1.54, 1.807) is 36.4 Å². The van der Waals surface area contributed by atoms with Crippen molar-refractivity contribution in [2.75, 3.05) is 20.0 Å². The van der Waals surface area contributed by atoms with Gasteiger partial charge in [-0.15, -0.1) is 0 Å². The lowest BCUT2D eigenvalue weighted by Gasteiger charge is -2.15. The molecule has 2 aromatic carbocycles. The summed E-state index contributed by atoms with van der Waals surface area (Å²) in [5.41, 5.74) is 1.39. The molecule has 0 saturated heterocycles. The number of amides is 1. The Morgan fingerprint density at radius 2 is 1.76 bits per heavy atom. The minimum absolute atomic E-state index is 0.0584. The summed E-state index contributed by atoms with van der Waals surface area (Å²) in [7, 11) is 0. The number of ether oxygens (including phenoxy) is 4. The Hall–Kier alpha value is -3.55. The lowest BCUT2D eigenvalue weighted by molar-refractivity contribution is -0.150. The highest BCUT2D eigenvalue weighted by Gasteiger charge is 2.17. The number of fused-ring (bicyclic) bond motifs is 1. The molecule has 3 rings (SSSR count). The lowest BCUT2D eigenvalue weighted by atomic mass is 10.1. The zero-order valence-electron chi connectivity index (χ0n) is 16.1. The first-order valence-electron chi connectivity index (χ1n) is 9.00. The zero-order chi connectivity index (χ0) is 20.8. The molecule has 1 heterocycles. The largest absolute Gasteiger partial charge is 0.482 e. The maximum Gasteiger partial charge on any atom is 0.344 e. The second-order valence-electron chi connectivity index (χ2n) is 6.43. The molecule has 2 aromatic rings. The van der Waals surface area contributed by atoms with Crippen LogP contribution in [0.15, 0.2) is 42.5 Å². The Balaban J connectivity index is 1.40. The molecule has 1 atom stereocenters. The predicted octanol–water partition coefficient (Wildman–Crippen LogP) is 2.42. The Kier molecular flexibility index (Phi) is 6.33. The molecule has 152 valence electrons. The van der Waals surface area contributed by atoms with E-state index < -0.39 is 18.5 Å². The quantitative estimate of drug-likeness (QED) is 0.537. The van der Waals surface area contributed by atoms with Crippen LogP contribution in [0.3, 0.4) is 0 Å². The summed E-state index contributed by atoms with van der Waals surface area (Å²) in [6.07, 6.45) is 0. The SMILES string of the molecule is CC(=O)c1ccc(OCC(=O)OCC(=O)N[C@H](C)c2ccc3c(c2)OCO3)cc1. The number of hydrogen-bond donors (Lipinski definition) is 1. The van der Waals surface area contributed by atoms with Crippen LogP contribution in [0.25, 0.3) is 0 Å². The van der Waals surface area contributed by atoms with Gasteiger partial charge >= 0.3 is 5.97 Å². The summed E-state index contributed by atoms with van der Waals surface area (Å²) in [5.74, 6) is 0.547. The maximum absolute atomic E-state index is 12.0. The molecule has 0 spiro atoms. The van der Waals surface area contributed by atoms with Gasteiger partial charge in [0.05, 0.1) is 6.04 Å². The third-order valence-corrected chi connectivity index (χ3v) is 4.26. The van der Waals surface area contributed by atoms with Crippen molar-refractivity contribution in [3.05, 3.63) is 53.6 Å². The zero-order valence-corrected chi connectivity index (χ0v) is 16.1. The van der Waals surface area contributed by atoms with Crippen LogP contribution in [0, 0.1) is 0 Å². The molecule has 1 amide bonds. The summed E-state index contributed by atoms with van der Waals surface area (Å²) >= 11 is 0. The topological polar surface area (TPSA) is 100 Å². The van der Waals surface area contributed by atoms with Crippen LogP contribution in [0.1, 0.15) is 35.8 Å².